The van der Waals surface area contributed by atoms with Crippen molar-refractivity contribution in [3.05, 3.63) is 84.2 Å². The number of anilines is 4. The Labute approximate surface area is 225 Å². The SMILES string of the molecule is O=C(Nc1cccc(Nc2cc(C(F)(F)F)nc3ccccc23)c1)C1CCN(c2ccc(C(F)(F)F)cn2)CC1. The molecule has 4 aromatic rings. The van der Waals surface area contributed by atoms with Crippen molar-refractivity contribution < 1.29 is 31.1 Å². The summed E-state index contributed by atoms with van der Waals surface area (Å²) in [5.41, 5.74) is -0.467. The molecule has 0 unspecified atom stereocenters. The molecule has 3 heterocycles. The number of hydrogen-bond acceptors (Lipinski definition) is 5. The average Bonchev–Trinajstić information content (AvgIpc) is 2.92. The number of hydrogen-bond donors (Lipinski definition) is 2. The van der Waals surface area contributed by atoms with E-state index in [1.807, 2.05) is 4.90 Å². The normalized spacial score (nSPS) is 14.8. The third kappa shape index (κ3) is 6.11. The van der Waals surface area contributed by atoms with Crippen molar-refractivity contribution in [2.75, 3.05) is 28.6 Å². The van der Waals surface area contributed by atoms with Crippen LogP contribution in [0, 0.1) is 5.92 Å². The van der Waals surface area contributed by atoms with Gasteiger partial charge in [-0.05, 0) is 55.3 Å². The number of nitrogens with zero attached hydrogens (tertiary/aromatic N) is 3. The lowest BCUT2D eigenvalue weighted by atomic mass is 9.95. The van der Waals surface area contributed by atoms with Gasteiger partial charge in [-0.25, -0.2) is 9.97 Å². The molecule has 1 fully saturated rings. The van der Waals surface area contributed by atoms with E-state index in [9.17, 15) is 31.1 Å². The molecule has 1 aliphatic rings. The van der Waals surface area contributed by atoms with Gasteiger partial charge >= 0.3 is 12.4 Å². The number of amides is 1. The van der Waals surface area contributed by atoms with Gasteiger partial charge in [0.25, 0.3) is 0 Å². The molecule has 2 aromatic carbocycles. The third-order valence-corrected chi connectivity index (χ3v) is 6.68. The fourth-order valence-electron chi connectivity index (χ4n) is 4.61. The van der Waals surface area contributed by atoms with Gasteiger partial charge in [0, 0.05) is 42.0 Å². The predicted octanol–water partition coefficient (Wildman–Crippen LogP) is 7.27. The molecule has 0 saturated carbocycles. The van der Waals surface area contributed by atoms with Crippen molar-refractivity contribution in [2.24, 2.45) is 5.92 Å². The first-order valence-electron chi connectivity index (χ1n) is 12.4. The molecule has 0 bridgehead atoms. The fraction of sp³-hybridized carbons (Fsp3) is 0.250. The van der Waals surface area contributed by atoms with Crippen molar-refractivity contribution in [3.63, 3.8) is 0 Å². The lowest BCUT2D eigenvalue weighted by Crippen LogP contribution is -2.38. The molecule has 6 nitrogen and oxygen atoms in total. The van der Waals surface area contributed by atoms with E-state index < -0.39 is 23.6 Å². The molecule has 208 valence electrons. The summed E-state index contributed by atoms with van der Waals surface area (Å²) in [7, 11) is 0. The molecule has 0 spiro atoms. The maximum Gasteiger partial charge on any atom is 0.433 e. The number of aromatic nitrogens is 2. The van der Waals surface area contributed by atoms with E-state index in [2.05, 4.69) is 20.6 Å². The van der Waals surface area contributed by atoms with Crippen molar-refractivity contribution in [1.29, 1.82) is 0 Å². The summed E-state index contributed by atoms with van der Waals surface area (Å²) in [5, 5.41) is 6.39. The first-order chi connectivity index (χ1) is 19.0. The quantitative estimate of drug-likeness (QED) is 0.252. The highest BCUT2D eigenvalue weighted by Gasteiger charge is 2.34. The first kappa shape index (κ1) is 27.2. The molecule has 0 aliphatic carbocycles. The van der Waals surface area contributed by atoms with E-state index in [0.29, 0.717) is 48.5 Å². The summed E-state index contributed by atoms with van der Waals surface area (Å²) in [5.74, 6) is -0.116. The Morgan fingerprint density at radius 1 is 0.850 bits per heavy atom. The van der Waals surface area contributed by atoms with Gasteiger partial charge in [0.1, 0.15) is 11.5 Å². The van der Waals surface area contributed by atoms with Gasteiger partial charge in [-0.15, -0.1) is 0 Å². The zero-order valence-electron chi connectivity index (χ0n) is 20.9. The fourth-order valence-corrected chi connectivity index (χ4v) is 4.61. The van der Waals surface area contributed by atoms with Crippen LogP contribution in [0.3, 0.4) is 0 Å². The lowest BCUT2D eigenvalue weighted by molar-refractivity contribution is -0.141. The maximum absolute atomic E-state index is 13.4. The van der Waals surface area contributed by atoms with Crippen LogP contribution in [0.4, 0.5) is 49.2 Å². The topological polar surface area (TPSA) is 70.2 Å². The Balaban J connectivity index is 1.24. The second-order valence-electron chi connectivity index (χ2n) is 9.43. The Kier molecular flexibility index (Phi) is 7.26. The molecule has 12 heteroatoms. The summed E-state index contributed by atoms with van der Waals surface area (Å²) >= 11 is 0. The summed E-state index contributed by atoms with van der Waals surface area (Å²) in [6, 6.07) is 16.4. The molecular formula is C28H23F6N5O. The zero-order chi connectivity index (χ0) is 28.5. The average molecular weight is 560 g/mol. The second kappa shape index (κ2) is 10.7. The summed E-state index contributed by atoms with van der Waals surface area (Å²) in [6.07, 6.45) is -7.31. The Morgan fingerprint density at radius 3 is 2.25 bits per heavy atom. The number of piperidine rings is 1. The first-order valence-corrected chi connectivity index (χ1v) is 12.4. The standard InChI is InChI=1S/C28H23F6N5O/c29-27(30,31)18-8-9-25(35-16-18)39-12-10-17(11-13-39)26(40)37-20-5-3-4-19(14-20)36-23-15-24(28(32,33)34)38-22-7-2-1-6-21(22)23/h1-9,14-17H,10-13H2,(H,36,38)(H,37,40). The number of nitrogens with one attached hydrogen (secondary N) is 2. The minimum Gasteiger partial charge on any atom is -0.357 e. The highest BCUT2D eigenvalue weighted by Crippen LogP contribution is 2.35. The van der Waals surface area contributed by atoms with Crippen LogP contribution in [0.1, 0.15) is 24.1 Å². The van der Waals surface area contributed by atoms with Gasteiger partial charge in [-0.2, -0.15) is 26.3 Å². The number of carbonyl (C=O) groups excluding carboxylic acids is 1. The van der Waals surface area contributed by atoms with Crippen molar-refractivity contribution in [1.82, 2.24) is 9.97 Å². The monoisotopic (exact) mass is 559 g/mol. The summed E-state index contributed by atoms with van der Waals surface area (Å²) in [4.78, 5) is 22.4. The highest BCUT2D eigenvalue weighted by molar-refractivity contribution is 5.95. The smallest absolute Gasteiger partial charge is 0.357 e. The van der Waals surface area contributed by atoms with Gasteiger partial charge in [-0.1, -0.05) is 24.3 Å². The van der Waals surface area contributed by atoms with Gasteiger partial charge in [-0.3, -0.25) is 4.79 Å². The van der Waals surface area contributed by atoms with Crippen LogP contribution in [0.2, 0.25) is 0 Å². The molecule has 1 aliphatic heterocycles. The second-order valence-corrected chi connectivity index (χ2v) is 9.43. The highest BCUT2D eigenvalue weighted by atomic mass is 19.4. The minimum absolute atomic E-state index is 0.196. The van der Waals surface area contributed by atoms with Gasteiger partial charge in [0.2, 0.25) is 5.91 Å². The van der Waals surface area contributed by atoms with Crippen LogP contribution in [-0.2, 0) is 17.1 Å². The van der Waals surface area contributed by atoms with Crippen molar-refractivity contribution in [3.8, 4) is 0 Å². The van der Waals surface area contributed by atoms with Gasteiger partial charge in [0.05, 0.1) is 16.8 Å². The van der Waals surface area contributed by atoms with E-state index in [1.54, 1.807) is 42.5 Å². The lowest BCUT2D eigenvalue weighted by Gasteiger charge is -2.32. The Morgan fingerprint density at radius 2 is 1.57 bits per heavy atom. The molecule has 2 N–H and O–H groups in total. The molecule has 5 rings (SSSR count). The number of rotatable bonds is 5. The Bertz CT molecular complexity index is 1510. The van der Waals surface area contributed by atoms with E-state index in [-0.39, 0.29) is 23.0 Å². The number of fused-ring (bicyclic) bond motifs is 1. The van der Waals surface area contributed by atoms with E-state index >= 15 is 0 Å². The van der Waals surface area contributed by atoms with Gasteiger partial charge < -0.3 is 15.5 Å². The summed E-state index contributed by atoms with van der Waals surface area (Å²) < 4.78 is 78.6. The predicted molar refractivity (Wildman–Crippen MR) is 139 cm³/mol. The van der Waals surface area contributed by atoms with Gasteiger partial charge in [0.15, 0.2) is 0 Å². The minimum atomic E-state index is -4.62. The van der Waals surface area contributed by atoms with E-state index in [1.165, 1.54) is 12.1 Å². The third-order valence-electron chi connectivity index (χ3n) is 6.68. The molecule has 0 radical (unpaired) electrons. The van der Waals surface area contributed by atoms with Crippen LogP contribution in [-0.4, -0.2) is 29.0 Å². The van der Waals surface area contributed by atoms with Crippen molar-refractivity contribution >= 4 is 39.7 Å². The molecule has 40 heavy (non-hydrogen) atoms. The van der Waals surface area contributed by atoms with Crippen LogP contribution in [0.25, 0.3) is 10.9 Å². The number of carbonyl (C=O) groups is 1. The molecule has 2 aromatic heterocycles. The summed E-state index contributed by atoms with van der Waals surface area (Å²) in [6.45, 7) is 0.906. The molecule has 0 atom stereocenters. The van der Waals surface area contributed by atoms with Crippen LogP contribution < -0.4 is 15.5 Å². The molecular weight excluding hydrogens is 536 g/mol. The van der Waals surface area contributed by atoms with E-state index in [4.69, 9.17) is 0 Å². The Hall–Kier alpha value is -4.35. The number of pyridine rings is 2. The number of alkyl halides is 6. The number of para-hydroxylation sites is 1. The zero-order valence-corrected chi connectivity index (χ0v) is 20.9. The largest absolute Gasteiger partial charge is 0.433 e. The van der Waals surface area contributed by atoms with E-state index in [0.717, 1.165) is 18.3 Å². The van der Waals surface area contributed by atoms with Crippen LogP contribution in [0.5, 0.6) is 0 Å². The van der Waals surface area contributed by atoms with Crippen LogP contribution >= 0.6 is 0 Å². The van der Waals surface area contributed by atoms with Crippen LogP contribution in [0.15, 0.2) is 72.9 Å². The number of benzene rings is 2. The number of halogens is 6. The maximum atomic E-state index is 13.4. The molecule has 1 saturated heterocycles. The molecule has 1 amide bonds. The van der Waals surface area contributed by atoms with Crippen molar-refractivity contribution in [2.45, 2.75) is 25.2 Å².